The summed E-state index contributed by atoms with van der Waals surface area (Å²) in [6.07, 6.45) is 0. The van der Waals surface area contributed by atoms with Gasteiger partial charge < -0.3 is 10.4 Å². The van der Waals surface area contributed by atoms with Crippen molar-refractivity contribution in [2.45, 2.75) is 18.7 Å². The second kappa shape index (κ2) is 7.25. The Balaban J connectivity index is 2.62. The first-order valence-corrected chi connectivity index (χ1v) is 7.34. The first-order valence-electron chi connectivity index (χ1n) is 5.48. The molecule has 0 aliphatic carbocycles. The fraction of sp³-hybridized carbons (Fsp3) is 0.333. The van der Waals surface area contributed by atoms with Gasteiger partial charge in [0.15, 0.2) is 0 Å². The van der Waals surface area contributed by atoms with E-state index in [2.05, 4.69) is 5.32 Å². The number of rotatable bonds is 6. The number of halogens is 1. The minimum absolute atomic E-state index is 0.137. The van der Waals surface area contributed by atoms with Gasteiger partial charge in [0.2, 0.25) is 5.91 Å². The standard InChI is InChI=1S/C12H14ClNO4S/c1-8(15)14-11(12(16)17)7-19(18)6-9-3-2-4-10(13)5-9/h2-5,11H,6-7H2,1H3,(H,14,15)(H,16,17). The summed E-state index contributed by atoms with van der Waals surface area (Å²) in [7, 11) is -1.40. The Labute approximate surface area is 118 Å². The van der Waals surface area contributed by atoms with E-state index in [1.54, 1.807) is 24.3 Å². The summed E-state index contributed by atoms with van der Waals surface area (Å²) < 4.78 is 11.9. The molecular formula is C12H14ClNO4S. The molecule has 2 atom stereocenters. The zero-order chi connectivity index (χ0) is 14.4. The van der Waals surface area contributed by atoms with Gasteiger partial charge in [0.25, 0.3) is 0 Å². The molecule has 1 amide bonds. The maximum Gasteiger partial charge on any atom is 0.327 e. The van der Waals surface area contributed by atoms with Crippen LogP contribution < -0.4 is 5.32 Å². The van der Waals surface area contributed by atoms with Gasteiger partial charge >= 0.3 is 5.97 Å². The maximum absolute atomic E-state index is 11.9. The number of aliphatic carboxylic acids is 1. The van der Waals surface area contributed by atoms with Crippen molar-refractivity contribution in [3.8, 4) is 0 Å². The Kier molecular flexibility index (Phi) is 5.98. The van der Waals surface area contributed by atoms with Gasteiger partial charge in [-0.2, -0.15) is 0 Å². The predicted octanol–water partition coefficient (Wildman–Crippen LogP) is 1.18. The van der Waals surface area contributed by atoms with Gasteiger partial charge in [-0.15, -0.1) is 0 Å². The Morgan fingerprint density at radius 3 is 2.68 bits per heavy atom. The SMILES string of the molecule is CC(=O)NC(CS(=O)Cc1cccc(Cl)c1)C(=O)O. The third-order valence-corrected chi connectivity index (χ3v) is 3.84. The van der Waals surface area contributed by atoms with Crippen LogP contribution in [-0.2, 0) is 26.1 Å². The molecule has 0 heterocycles. The number of hydrogen-bond donors (Lipinski definition) is 2. The molecule has 104 valence electrons. The summed E-state index contributed by atoms with van der Waals surface area (Å²) in [5.74, 6) is -1.60. The van der Waals surface area contributed by atoms with Gasteiger partial charge in [0.1, 0.15) is 6.04 Å². The highest BCUT2D eigenvalue weighted by molar-refractivity contribution is 7.84. The van der Waals surface area contributed by atoms with Crippen LogP contribution in [0.4, 0.5) is 0 Å². The molecule has 0 aliphatic rings. The van der Waals surface area contributed by atoms with Crippen LogP contribution in [0.2, 0.25) is 5.02 Å². The van der Waals surface area contributed by atoms with Crippen molar-refractivity contribution >= 4 is 34.3 Å². The molecule has 0 spiro atoms. The summed E-state index contributed by atoms with van der Waals surface area (Å²) in [5.41, 5.74) is 0.762. The van der Waals surface area contributed by atoms with E-state index in [4.69, 9.17) is 16.7 Å². The molecule has 0 radical (unpaired) electrons. The summed E-state index contributed by atoms with van der Waals surface area (Å²) in [6, 6.07) is 5.73. The van der Waals surface area contributed by atoms with Crippen molar-refractivity contribution in [3.05, 3.63) is 34.9 Å². The average molecular weight is 304 g/mol. The highest BCUT2D eigenvalue weighted by atomic mass is 35.5. The molecule has 0 aromatic heterocycles. The topological polar surface area (TPSA) is 83.5 Å². The monoisotopic (exact) mass is 303 g/mol. The molecule has 0 saturated heterocycles. The number of amides is 1. The molecule has 19 heavy (non-hydrogen) atoms. The Bertz CT molecular complexity index is 506. The molecule has 0 aliphatic heterocycles. The molecule has 0 bridgehead atoms. The highest BCUT2D eigenvalue weighted by Gasteiger charge is 2.21. The van der Waals surface area contributed by atoms with Crippen molar-refractivity contribution in [1.82, 2.24) is 5.32 Å². The number of benzene rings is 1. The van der Waals surface area contributed by atoms with E-state index in [-0.39, 0.29) is 11.5 Å². The molecule has 1 aromatic carbocycles. The Hall–Kier alpha value is -1.40. The zero-order valence-electron chi connectivity index (χ0n) is 10.3. The summed E-state index contributed by atoms with van der Waals surface area (Å²) >= 11 is 5.80. The van der Waals surface area contributed by atoms with Crippen molar-refractivity contribution in [1.29, 1.82) is 0 Å². The molecule has 2 unspecified atom stereocenters. The first kappa shape index (κ1) is 15.7. The Morgan fingerprint density at radius 1 is 1.47 bits per heavy atom. The number of carbonyl (C=O) groups excluding carboxylic acids is 1. The molecular weight excluding hydrogens is 290 g/mol. The third kappa shape index (κ3) is 5.85. The van der Waals surface area contributed by atoms with Crippen LogP contribution in [0.3, 0.4) is 0 Å². The van der Waals surface area contributed by atoms with Crippen LogP contribution >= 0.6 is 11.6 Å². The molecule has 5 nitrogen and oxygen atoms in total. The second-order valence-corrected chi connectivity index (χ2v) is 5.91. The van der Waals surface area contributed by atoms with Crippen LogP contribution in [0, 0.1) is 0 Å². The van der Waals surface area contributed by atoms with Gasteiger partial charge in [0, 0.05) is 28.5 Å². The second-order valence-electron chi connectivity index (χ2n) is 3.97. The van der Waals surface area contributed by atoms with Crippen LogP contribution in [0.5, 0.6) is 0 Å². The molecule has 2 N–H and O–H groups in total. The highest BCUT2D eigenvalue weighted by Crippen LogP contribution is 2.12. The van der Waals surface area contributed by atoms with Crippen molar-refractivity contribution in [3.63, 3.8) is 0 Å². The zero-order valence-corrected chi connectivity index (χ0v) is 11.8. The lowest BCUT2D eigenvalue weighted by atomic mass is 10.2. The lowest BCUT2D eigenvalue weighted by Gasteiger charge is -2.12. The van der Waals surface area contributed by atoms with E-state index in [9.17, 15) is 13.8 Å². The van der Waals surface area contributed by atoms with Crippen molar-refractivity contribution in [2.75, 3.05) is 5.75 Å². The van der Waals surface area contributed by atoms with Crippen LogP contribution in [0.25, 0.3) is 0 Å². The summed E-state index contributed by atoms with van der Waals surface area (Å²) in [6.45, 7) is 1.22. The first-order chi connectivity index (χ1) is 8.88. The number of carboxylic acid groups (broad SMARTS) is 1. The average Bonchev–Trinajstić information content (AvgIpc) is 2.27. The van der Waals surface area contributed by atoms with Crippen LogP contribution in [-0.4, -0.2) is 33.0 Å². The van der Waals surface area contributed by atoms with E-state index in [0.29, 0.717) is 5.02 Å². The van der Waals surface area contributed by atoms with Crippen molar-refractivity contribution in [2.24, 2.45) is 0 Å². The van der Waals surface area contributed by atoms with E-state index in [1.807, 2.05) is 0 Å². The number of carboxylic acids is 1. The van der Waals surface area contributed by atoms with E-state index >= 15 is 0 Å². The fourth-order valence-corrected chi connectivity index (χ4v) is 2.96. The fourth-order valence-electron chi connectivity index (χ4n) is 1.48. The molecule has 7 heteroatoms. The van der Waals surface area contributed by atoms with Gasteiger partial charge in [0.05, 0.1) is 5.75 Å². The predicted molar refractivity (Wildman–Crippen MR) is 73.4 cm³/mol. The van der Waals surface area contributed by atoms with Crippen LogP contribution in [0.15, 0.2) is 24.3 Å². The summed E-state index contributed by atoms with van der Waals surface area (Å²) in [4.78, 5) is 21.8. The van der Waals surface area contributed by atoms with Crippen LogP contribution in [0.1, 0.15) is 12.5 Å². The normalized spacial score (nSPS) is 13.6. The third-order valence-electron chi connectivity index (χ3n) is 2.24. The van der Waals surface area contributed by atoms with E-state index < -0.39 is 28.7 Å². The largest absolute Gasteiger partial charge is 0.480 e. The van der Waals surface area contributed by atoms with Gasteiger partial charge in [-0.1, -0.05) is 23.7 Å². The van der Waals surface area contributed by atoms with Gasteiger partial charge in [-0.25, -0.2) is 4.79 Å². The maximum atomic E-state index is 11.9. The summed E-state index contributed by atoms with van der Waals surface area (Å²) in [5, 5.41) is 11.7. The van der Waals surface area contributed by atoms with Crippen molar-refractivity contribution < 1.29 is 18.9 Å². The minimum Gasteiger partial charge on any atom is -0.480 e. The quantitative estimate of drug-likeness (QED) is 0.826. The lowest BCUT2D eigenvalue weighted by molar-refractivity contribution is -0.140. The smallest absolute Gasteiger partial charge is 0.327 e. The number of carbonyl (C=O) groups is 2. The molecule has 1 rings (SSSR count). The van der Waals surface area contributed by atoms with E-state index in [0.717, 1.165) is 5.56 Å². The minimum atomic E-state index is -1.40. The number of hydrogen-bond acceptors (Lipinski definition) is 3. The lowest BCUT2D eigenvalue weighted by Crippen LogP contribution is -2.43. The molecule has 0 saturated carbocycles. The molecule has 0 fully saturated rings. The Morgan fingerprint density at radius 2 is 2.16 bits per heavy atom. The molecule has 1 aromatic rings. The van der Waals surface area contributed by atoms with Gasteiger partial charge in [-0.3, -0.25) is 9.00 Å². The number of nitrogens with one attached hydrogen (secondary N) is 1. The van der Waals surface area contributed by atoms with Gasteiger partial charge in [-0.05, 0) is 17.7 Å². The van der Waals surface area contributed by atoms with E-state index in [1.165, 1.54) is 6.92 Å².